The van der Waals surface area contributed by atoms with Crippen molar-refractivity contribution in [1.29, 1.82) is 0 Å². The standard InChI is InChI=1S/C26H33N5O2/c1-18-15-29(14-13-20-10-5-4-6-11-20)25-27-23-22(30(25)16-18)24(32)31(26(33)28(23)3)17-21-12-8-7-9-19(21)2/h4-12,18,22-23,25,27H,13-17H2,1-3H3. The van der Waals surface area contributed by atoms with Gasteiger partial charge in [-0.3, -0.25) is 24.8 Å². The number of nitrogens with one attached hydrogen (secondary N) is 1. The molecule has 0 aliphatic carbocycles. The minimum absolute atomic E-state index is 0.0440. The van der Waals surface area contributed by atoms with Gasteiger partial charge in [0.05, 0.1) is 6.54 Å². The first-order valence-electron chi connectivity index (χ1n) is 11.9. The molecule has 5 rings (SSSR count). The largest absolute Gasteiger partial charge is 0.328 e. The Morgan fingerprint density at radius 1 is 1.00 bits per heavy atom. The fraction of sp³-hybridized carbons (Fsp3) is 0.462. The van der Waals surface area contributed by atoms with E-state index in [2.05, 4.69) is 46.3 Å². The minimum Gasteiger partial charge on any atom is -0.310 e. The summed E-state index contributed by atoms with van der Waals surface area (Å²) in [5, 5.41) is 3.62. The minimum atomic E-state index is -0.372. The van der Waals surface area contributed by atoms with Crippen LogP contribution in [0.3, 0.4) is 0 Å². The number of nitrogens with zero attached hydrogens (tertiary/aromatic N) is 4. The Bertz CT molecular complexity index is 1030. The van der Waals surface area contributed by atoms with Crippen molar-refractivity contribution in [3.05, 3.63) is 71.3 Å². The van der Waals surface area contributed by atoms with Gasteiger partial charge in [-0.05, 0) is 36.0 Å². The molecule has 4 unspecified atom stereocenters. The molecule has 0 bridgehead atoms. The van der Waals surface area contributed by atoms with E-state index in [0.717, 1.165) is 37.2 Å². The van der Waals surface area contributed by atoms with E-state index in [-0.39, 0.29) is 30.4 Å². The Morgan fingerprint density at radius 3 is 2.48 bits per heavy atom. The van der Waals surface area contributed by atoms with E-state index in [4.69, 9.17) is 0 Å². The molecule has 3 heterocycles. The number of urea groups is 1. The molecule has 3 aliphatic heterocycles. The topological polar surface area (TPSA) is 59.1 Å². The molecule has 0 spiro atoms. The summed E-state index contributed by atoms with van der Waals surface area (Å²) in [4.78, 5) is 34.8. The zero-order valence-corrected chi connectivity index (χ0v) is 19.6. The number of rotatable bonds is 5. The first-order chi connectivity index (χ1) is 15.9. The summed E-state index contributed by atoms with van der Waals surface area (Å²) < 4.78 is 0. The van der Waals surface area contributed by atoms with Gasteiger partial charge in [-0.1, -0.05) is 61.5 Å². The van der Waals surface area contributed by atoms with E-state index in [1.807, 2.05) is 37.3 Å². The van der Waals surface area contributed by atoms with Crippen molar-refractivity contribution in [3.8, 4) is 0 Å². The van der Waals surface area contributed by atoms with Crippen molar-refractivity contribution in [2.75, 3.05) is 26.7 Å². The van der Waals surface area contributed by atoms with Crippen LogP contribution in [0, 0.1) is 12.8 Å². The molecule has 3 saturated heterocycles. The highest BCUT2D eigenvalue weighted by molar-refractivity contribution is 6.00. The number of imide groups is 1. The second kappa shape index (κ2) is 8.89. The highest BCUT2D eigenvalue weighted by atomic mass is 16.2. The van der Waals surface area contributed by atoms with Crippen LogP contribution in [-0.4, -0.2) is 76.7 Å². The van der Waals surface area contributed by atoms with Gasteiger partial charge in [0, 0.05) is 26.7 Å². The lowest BCUT2D eigenvalue weighted by molar-refractivity contribution is -0.141. The van der Waals surface area contributed by atoms with E-state index in [1.165, 1.54) is 10.5 Å². The molecule has 4 atom stereocenters. The van der Waals surface area contributed by atoms with E-state index in [9.17, 15) is 9.59 Å². The number of aryl methyl sites for hydroxylation is 1. The van der Waals surface area contributed by atoms with Gasteiger partial charge < -0.3 is 4.90 Å². The molecule has 7 nitrogen and oxygen atoms in total. The van der Waals surface area contributed by atoms with Crippen LogP contribution in [0.4, 0.5) is 4.79 Å². The molecule has 7 heteroatoms. The third-order valence-electron chi connectivity index (χ3n) is 7.29. The highest BCUT2D eigenvalue weighted by Crippen LogP contribution is 2.32. The van der Waals surface area contributed by atoms with Crippen LogP contribution >= 0.6 is 0 Å². The van der Waals surface area contributed by atoms with E-state index < -0.39 is 0 Å². The number of carbonyl (C=O) groups is 2. The lowest BCUT2D eigenvalue weighted by Gasteiger charge is -2.45. The Balaban J connectivity index is 1.37. The number of benzene rings is 2. The number of likely N-dealkylation sites (N-methyl/N-ethyl adjacent to an activating group) is 1. The summed E-state index contributed by atoms with van der Waals surface area (Å²) >= 11 is 0. The molecule has 1 N–H and O–H groups in total. The molecule has 3 aliphatic rings. The van der Waals surface area contributed by atoms with Crippen molar-refractivity contribution in [1.82, 2.24) is 24.9 Å². The first kappa shape index (κ1) is 22.1. The predicted molar refractivity (Wildman–Crippen MR) is 127 cm³/mol. The zero-order chi connectivity index (χ0) is 23.1. The molecule has 3 fully saturated rings. The highest BCUT2D eigenvalue weighted by Gasteiger charge is 2.56. The normalized spacial score (nSPS) is 28.2. The fourth-order valence-corrected chi connectivity index (χ4v) is 5.52. The Morgan fingerprint density at radius 2 is 1.73 bits per heavy atom. The lowest BCUT2D eigenvalue weighted by atomic mass is 10.0. The predicted octanol–water partition coefficient (Wildman–Crippen LogP) is 2.47. The third-order valence-corrected chi connectivity index (χ3v) is 7.29. The molecular weight excluding hydrogens is 414 g/mol. The lowest BCUT2D eigenvalue weighted by Crippen LogP contribution is -2.66. The average molecular weight is 448 g/mol. The third kappa shape index (κ3) is 4.05. The van der Waals surface area contributed by atoms with Crippen LogP contribution in [0.25, 0.3) is 0 Å². The summed E-state index contributed by atoms with van der Waals surface area (Å²) in [6.07, 6.45) is 0.599. The quantitative estimate of drug-likeness (QED) is 0.763. The number of fused-ring (bicyclic) bond motifs is 3. The molecular formula is C26H33N5O2. The van der Waals surface area contributed by atoms with Crippen LogP contribution in [-0.2, 0) is 17.8 Å². The van der Waals surface area contributed by atoms with Gasteiger partial charge in [-0.2, -0.15) is 0 Å². The number of hydrogen-bond donors (Lipinski definition) is 1. The molecule has 0 saturated carbocycles. The number of hydrogen-bond acceptors (Lipinski definition) is 5. The molecule has 2 aromatic carbocycles. The molecule has 174 valence electrons. The van der Waals surface area contributed by atoms with Crippen molar-refractivity contribution >= 4 is 11.9 Å². The van der Waals surface area contributed by atoms with Gasteiger partial charge in [0.1, 0.15) is 18.5 Å². The van der Waals surface area contributed by atoms with E-state index in [0.29, 0.717) is 12.5 Å². The SMILES string of the molecule is Cc1ccccc1CN1C(=O)C2C(NC3N(CCc4ccccc4)CC(C)CN23)N(C)C1=O. The monoisotopic (exact) mass is 447 g/mol. The van der Waals surface area contributed by atoms with Gasteiger partial charge in [-0.25, -0.2) is 4.79 Å². The smallest absolute Gasteiger partial charge is 0.310 e. The second-order valence-corrected chi connectivity index (χ2v) is 9.71. The van der Waals surface area contributed by atoms with Gasteiger partial charge in [0.2, 0.25) is 0 Å². The number of carbonyl (C=O) groups excluding carboxylic acids is 2. The molecule has 3 amide bonds. The summed E-state index contributed by atoms with van der Waals surface area (Å²) in [6, 6.07) is 17.8. The summed E-state index contributed by atoms with van der Waals surface area (Å²) in [5.41, 5.74) is 3.40. The average Bonchev–Trinajstić information content (AvgIpc) is 3.20. The van der Waals surface area contributed by atoms with Crippen molar-refractivity contribution < 1.29 is 9.59 Å². The van der Waals surface area contributed by atoms with Crippen LogP contribution < -0.4 is 5.32 Å². The Kier molecular flexibility index (Phi) is 5.95. The van der Waals surface area contributed by atoms with Crippen molar-refractivity contribution in [2.24, 2.45) is 5.92 Å². The maximum Gasteiger partial charge on any atom is 0.328 e. The Labute approximate surface area is 195 Å². The maximum absolute atomic E-state index is 13.7. The Hall–Kier alpha value is -2.74. The maximum atomic E-state index is 13.7. The van der Waals surface area contributed by atoms with Crippen LogP contribution in [0.15, 0.2) is 54.6 Å². The second-order valence-electron chi connectivity index (χ2n) is 9.71. The summed E-state index contributed by atoms with van der Waals surface area (Å²) in [5.74, 6) is 0.344. The van der Waals surface area contributed by atoms with Crippen LogP contribution in [0.2, 0.25) is 0 Å². The van der Waals surface area contributed by atoms with E-state index >= 15 is 0 Å². The fourth-order valence-electron chi connectivity index (χ4n) is 5.52. The van der Waals surface area contributed by atoms with Crippen molar-refractivity contribution in [3.63, 3.8) is 0 Å². The summed E-state index contributed by atoms with van der Waals surface area (Å²) in [7, 11) is 1.81. The van der Waals surface area contributed by atoms with Crippen molar-refractivity contribution in [2.45, 2.75) is 45.3 Å². The van der Waals surface area contributed by atoms with Crippen LogP contribution in [0.1, 0.15) is 23.6 Å². The molecule has 33 heavy (non-hydrogen) atoms. The number of amides is 3. The molecule has 2 aromatic rings. The molecule has 0 radical (unpaired) electrons. The molecule has 0 aromatic heterocycles. The van der Waals surface area contributed by atoms with Gasteiger partial charge in [-0.15, -0.1) is 0 Å². The van der Waals surface area contributed by atoms with Gasteiger partial charge in [0.15, 0.2) is 0 Å². The van der Waals surface area contributed by atoms with Gasteiger partial charge >= 0.3 is 6.03 Å². The van der Waals surface area contributed by atoms with E-state index in [1.54, 1.807) is 11.9 Å². The van der Waals surface area contributed by atoms with Crippen LogP contribution in [0.5, 0.6) is 0 Å². The first-order valence-corrected chi connectivity index (χ1v) is 11.9. The van der Waals surface area contributed by atoms with Gasteiger partial charge in [0.25, 0.3) is 5.91 Å². The zero-order valence-electron chi connectivity index (χ0n) is 19.6. The summed E-state index contributed by atoms with van der Waals surface area (Å²) in [6.45, 7) is 7.29.